The van der Waals surface area contributed by atoms with Crippen LogP contribution in [0.5, 0.6) is 0 Å². The van der Waals surface area contributed by atoms with Gasteiger partial charge in [-0.2, -0.15) is 0 Å². The van der Waals surface area contributed by atoms with Gasteiger partial charge in [-0.3, -0.25) is 4.72 Å². The molecule has 0 fully saturated rings. The lowest BCUT2D eigenvalue weighted by Crippen LogP contribution is -2.16. The highest BCUT2D eigenvalue weighted by Crippen LogP contribution is 2.26. The van der Waals surface area contributed by atoms with Crippen molar-refractivity contribution in [1.29, 1.82) is 0 Å². The fraction of sp³-hybridized carbons (Fsp3) is 0.308. The molecule has 0 atom stereocenters. The number of benzene rings is 1. The zero-order valence-electron chi connectivity index (χ0n) is 11.4. The van der Waals surface area contributed by atoms with E-state index in [4.69, 9.17) is 5.73 Å². The summed E-state index contributed by atoms with van der Waals surface area (Å²) >= 11 is 0. The summed E-state index contributed by atoms with van der Waals surface area (Å²) in [5.74, 6) is 0. The van der Waals surface area contributed by atoms with Crippen LogP contribution in [0.3, 0.4) is 0 Å². The molecule has 0 aliphatic heterocycles. The zero-order chi connectivity index (χ0) is 14.8. The first-order chi connectivity index (χ1) is 9.47. The first-order valence-corrected chi connectivity index (χ1v) is 7.79. The molecule has 1 aromatic heterocycles. The Morgan fingerprint density at radius 3 is 2.60 bits per heavy atom. The maximum absolute atomic E-state index is 12.5. The van der Waals surface area contributed by atoms with Gasteiger partial charge in [0.2, 0.25) is 0 Å². The number of hydrogen-bond acceptors (Lipinski definition) is 5. The molecule has 6 nitrogen and oxygen atoms in total. The largest absolute Gasteiger partial charge is 0.398 e. The van der Waals surface area contributed by atoms with Crippen molar-refractivity contribution in [2.75, 3.05) is 10.5 Å². The molecule has 0 saturated carbocycles. The molecule has 0 spiro atoms. The van der Waals surface area contributed by atoms with Gasteiger partial charge in [-0.05, 0) is 36.1 Å². The second-order valence-corrected chi connectivity index (χ2v) is 6.04. The van der Waals surface area contributed by atoms with Crippen LogP contribution in [0.4, 0.5) is 11.4 Å². The van der Waals surface area contributed by atoms with Crippen LogP contribution in [0.2, 0.25) is 0 Å². The lowest BCUT2D eigenvalue weighted by atomic mass is 10.1. The number of aromatic nitrogens is 1. The van der Waals surface area contributed by atoms with Crippen molar-refractivity contribution < 1.29 is 12.9 Å². The highest BCUT2D eigenvalue weighted by Gasteiger charge is 2.21. The van der Waals surface area contributed by atoms with Crippen LogP contribution in [-0.2, 0) is 22.9 Å². The van der Waals surface area contributed by atoms with E-state index in [9.17, 15) is 8.42 Å². The Morgan fingerprint density at radius 1 is 1.30 bits per heavy atom. The molecule has 3 N–H and O–H groups in total. The molecule has 1 heterocycles. The monoisotopic (exact) mass is 295 g/mol. The summed E-state index contributed by atoms with van der Waals surface area (Å²) < 4.78 is 32.0. The molecule has 108 valence electrons. The molecule has 0 bridgehead atoms. The van der Waals surface area contributed by atoms with E-state index in [1.54, 1.807) is 6.07 Å². The SMILES string of the molecule is CCc1cc(N)c(CC)c(S(=O)(=O)Nc2cnoc2)c1. The van der Waals surface area contributed by atoms with E-state index >= 15 is 0 Å². The Labute approximate surface area is 118 Å². The number of aryl methyl sites for hydroxylation is 1. The number of nitrogens with two attached hydrogens (primary N) is 1. The van der Waals surface area contributed by atoms with Crippen molar-refractivity contribution in [1.82, 2.24) is 5.16 Å². The number of nitrogen functional groups attached to an aromatic ring is 1. The van der Waals surface area contributed by atoms with E-state index < -0.39 is 10.0 Å². The van der Waals surface area contributed by atoms with E-state index in [2.05, 4.69) is 14.4 Å². The zero-order valence-corrected chi connectivity index (χ0v) is 12.2. The van der Waals surface area contributed by atoms with Gasteiger partial charge < -0.3 is 10.3 Å². The summed E-state index contributed by atoms with van der Waals surface area (Å²) in [7, 11) is -3.71. The topological polar surface area (TPSA) is 98.2 Å². The number of hydrogen-bond donors (Lipinski definition) is 2. The predicted octanol–water partition coefficient (Wildman–Crippen LogP) is 2.18. The Morgan fingerprint density at radius 2 is 2.05 bits per heavy atom. The van der Waals surface area contributed by atoms with Crippen LogP contribution in [0.15, 0.2) is 34.0 Å². The van der Waals surface area contributed by atoms with Crippen LogP contribution in [0, 0.1) is 0 Å². The number of anilines is 2. The maximum atomic E-state index is 12.5. The lowest BCUT2D eigenvalue weighted by molar-refractivity contribution is 0.420. The first kappa shape index (κ1) is 14.4. The third kappa shape index (κ3) is 2.77. The smallest absolute Gasteiger partial charge is 0.262 e. The molecule has 0 saturated heterocycles. The van der Waals surface area contributed by atoms with Gasteiger partial charge in [0.05, 0.1) is 11.1 Å². The van der Waals surface area contributed by atoms with Gasteiger partial charge in [-0.1, -0.05) is 19.0 Å². The van der Waals surface area contributed by atoms with Gasteiger partial charge in [-0.25, -0.2) is 8.42 Å². The molecular formula is C13H17N3O3S. The molecule has 0 aliphatic carbocycles. The van der Waals surface area contributed by atoms with Crippen LogP contribution >= 0.6 is 0 Å². The molecule has 2 aromatic rings. The molecule has 0 unspecified atom stereocenters. The average Bonchev–Trinajstić information content (AvgIpc) is 2.89. The van der Waals surface area contributed by atoms with Gasteiger partial charge >= 0.3 is 0 Å². The van der Waals surface area contributed by atoms with Crippen molar-refractivity contribution in [3.63, 3.8) is 0 Å². The normalized spacial score (nSPS) is 11.5. The van der Waals surface area contributed by atoms with Crippen molar-refractivity contribution >= 4 is 21.4 Å². The summed E-state index contributed by atoms with van der Waals surface area (Å²) in [6.07, 6.45) is 3.78. The quantitative estimate of drug-likeness (QED) is 0.824. The molecule has 2 rings (SSSR count). The van der Waals surface area contributed by atoms with Crippen molar-refractivity contribution in [3.8, 4) is 0 Å². The van der Waals surface area contributed by atoms with Crippen LogP contribution in [0.1, 0.15) is 25.0 Å². The van der Waals surface area contributed by atoms with Crippen molar-refractivity contribution in [2.24, 2.45) is 0 Å². The minimum atomic E-state index is -3.71. The maximum Gasteiger partial charge on any atom is 0.262 e. The summed E-state index contributed by atoms with van der Waals surface area (Å²) in [6, 6.07) is 3.47. The van der Waals surface area contributed by atoms with Crippen LogP contribution < -0.4 is 10.5 Å². The van der Waals surface area contributed by atoms with Crippen molar-refractivity contribution in [2.45, 2.75) is 31.6 Å². The second-order valence-electron chi connectivity index (χ2n) is 4.39. The minimum Gasteiger partial charge on any atom is -0.398 e. The number of rotatable bonds is 5. The highest BCUT2D eigenvalue weighted by atomic mass is 32.2. The summed E-state index contributed by atoms with van der Waals surface area (Å²) in [6.45, 7) is 3.82. The van der Waals surface area contributed by atoms with Gasteiger partial charge in [0, 0.05) is 5.69 Å². The molecular weight excluding hydrogens is 278 g/mol. The Hall–Kier alpha value is -2.02. The molecule has 0 aliphatic rings. The van der Waals surface area contributed by atoms with E-state index in [1.165, 1.54) is 12.5 Å². The molecule has 0 radical (unpaired) electrons. The third-order valence-corrected chi connectivity index (χ3v) is 4.49. The number of nitrogens with zero attached hydrogens (tertiary/aromatic N) is 1. The number of sulfonamides is 1. The van der Waals surface area contributed by atoms with E-state index in [1.807, 2.05) is 19.9 Å². The minimum absolute atomic E-state index is 0.207. The average molecular weight is 295 g/mol. The third-order valence-electron chi connectivity index (χ3n) is 3.04. The van der Waals surface area contributed by atoms with E-state index in [0.29, 0.717) is 24.1 Å². The summed E-state index contributed by atoms with van der Waals surface area (Å²) in [5, 5.41) is 3.47. The number of nitrogens with one attached hydrogen (secondary N) is 1. The van der Waals surface area contributed by atoms with E-state index in [0.717, 1.165) is 5.56 Å². The molecule has 20 heavy (non-hydrogen) atoms. The molecule has 7 heteroatoms. The Bertz CT molecular complexity index is 694. The summed E-state index contributed by atoms with van der Waals surface area (Å²) in [5.41, 5.74) is 8.23. The van der Waals surface area contributed by atoms with E-state index in [-0.39, 0.29) is 10.6 Å². The lowest BCUT2D eigenvalue weighted by Gasteiger charge is -2.14. The molecule has 0 amide bonds. The fourth-order valence-electron chi connectivity index (χ4n) is 2.01. The van der Waals surface area contributed by atoms with Crippen LogP contribution in [0.25, 0.3) is 0 Å². The second kappa shape index (κ2) is 5.54. The fourth-order valence-corrected chi connectivity index (χ4v) is 3.43. The summed E-state index contributed by atoms with van der Waals surface area (Å²) in [4.78, 5) is 0.207. The van der Waals surface area contributed by atoms with Gasteiger partial charge in [0.1, 0.15) is 12.0 Å². The Kier molecular flexibility index (Phi) is 3.99. The first-order valence-electron chi connectivity index (χ1n) is 6.31. The Balaban J connectivity index is 2.52. The van der Waals surface area contributed by atoms with Gasteiger partial charge in [0.15, 0.2) is 0 Å². The van der Waals surface area contributed by atoms with Gasteiger partial charge in [0.25, 0.3) is 10.0 Å². The van der Waals surface area contributed by atoms with Gasteiger partial charge in [-0.15, -0.1) is 0 Å². The van der Waals surface area contributed by atoms with Crippen LogP contribution in [-0.4, -0.2) is 13.6 Å². The predicted molar refractivity (Wildman–Crippen MR) is 76.9 cm³/mol. The van der Waals surface area contributed by atoms with Crippen molar-refractivity contribution in [3.05, 3.63) is 35.7 Å². The molecule has 1 aromatic carbocycles. The highest BCUT2D eigenvalue weighted by molar-refractivity contribution is 7.92. The standard InChI is InChI=1S/C13H17N3O3S/c1-3-9-5-12(14)11(4-2)13(6-9)20(17,18)16-10-7-15-19-8-10/h5-8,16H,3-4,14H2,1-2H3.